The molecule has 0 N–H and O–H groups in total. The molecule has 5 heteroatoms. The molecule has 0 radical (unpaired) electrons. The molecule has 122 valence electrons. The molecule has 2 aliphatic rings. The molecule has 2 fully saturated rings. The number of aromatic nitrogens is 2. The van der Waals surface area contributed by atoms with Gasteiger partial charge in [-0.3, -0.25) is 14.4 Å². The number of likely N-dealkylation sites (tertiary alicyclic amines) is 2. The van der Waals surface area contributed by atoms with Gasteiger partial charge in [-0.15, -0.1) is 0 Å². The Balaban J connectivity index is 1.58. The molecule has 3 heterocycles. The number of hydrogen-bond acceptors (Lipinski definition) is 3. The van der Waals surface area contributed by atoms with E-state index < -0.39 is 0 Å². The summed E-state index contributed by atoms with van der Waals surface area (Å²) in [5, 5.41) is 4.18. The van der Waals surface area contributed by atoms with Gasteiger partial charge in [0.05, 0.1) is 6.20 Å². The van der Waals surface area contributed by atoms with Crippen LogP contribution in [0.5, 0.6) is 0 Å². The number of amides is 1. The van der Waals surface area contributed by atoms with Crippen molar-refractivity contribution in [3.63, 3.8) is 0 Å². The fraction of sp³-hybridized carbons (Fsp3) is 0.765. The first-order valence-corrected chi connectivity index (χ1v) is 8.70. The first-order valence-electron chi connectivity index (χ1n) is 8.70. The van der Waals surface area contributed by atoms with Crippen LogP contribution in [0.25, 0.3) is 0 Å². The summed E-state index contributed by atoms with van der Waals surface area (Å²) >= 11 is 0. The third-order valence-electron chi connectivity index (χ3n) is 5.27. The van der Waals surface area contributed by atoms with E-state index in [0.29, 0.717) is 24.4 Å². The first kappa shape index (κ1) is 15.5. The first-order chi connectivity index (χ1) is 10.7. The predicted molar refractivity (Wildman–Crippen MR) is 86.5 cm³/mol. The lowest BCUT2D eigenvalue weighted by Crippen LogP contribution is -2.48. The van der Waals surface area contributed by atoms with Gasteiger partial charge in [0.25, 0.3) is 0 Å². The lowest BCUT2D eigenvalue weighted by molar-refractivity contribution is -0.133. The largest absolute Gasteiger partial charge is 0.338 e. The van der Waals surface area contributed by atoms with Crippen molar-refractivity contribution in [3.8, 4) is 0 Å². The Morgan fingerprint density at radius 2 is 2.05 bits per heavy atom. The topological polar surface area (TPSA) is 41.4 Å². The molecule has 5 nitrogen and oxygen atoms in total. The van der Waals surface area contributed by atoms with Crippen LogP contribution in [0.15, 0.2) is 12.4 Å². The fourth-order valence-corrected chi connectivity index (χ4v) is 4.18. The van der Waals surface area contributed by atoms with Crippen LogP contribution in [-0.4, -0.2) is 57.2 Å². The van der Waals surface area contributed by atoms with Crippen molar-refractivity contribution in [2.75, 3.05) is 19.6 Å². The van der Waals surface area contributed by atoms with Gasteiger partial charge in [0.15, 0.2) is 0 Å². The number of aryl methyl sites for hydroxylation is 2. The Bertz CT molecular complexity index is 513. The number of carbonyl (C=O) groups is 1. The lowest BCUT2D eigenvalue weighted by atomic mass is 10.0. The molecule has 3 rings (SSSR count). The summed E-state index contributed by atoms with van der Waals surface area (Å²) in [6.45, 7) is 5.50. The van der Waals surface area contributed by atoms with Crippen molar-refractivity contribution in [2.24, 2.45) is 7.05 Å². The summed E-state index contributed by atoms with van der Waals surface area (Å²) in [6.07, 6.45) is 10.2. The van der Waals surface area contributed by atoms with E-state index in [1.54, 1.807) is 4.68 Å². The van der Waals surface area contributed by atoms with Crippen molar-refractivity contribution >= 4 is 5.91 Å². The van der Waals surface area contributed by atoms with Crippen molar-refractivity contribution in [1.29, 1.82) is 0 Å². The molecule has 0 spiro atoms. The molecule has 2 aliphatic heterocycles. The molecule has 0 bridgehead atoms. The molecule has 1 amide bonds. The van der Waals surface area contributed by atoms with Crippen LogP contribution < -0.4 is 0 Å². The highest BCUT2D eigenvalue weighted by atomic mass is 16.2. The molecule has 22 heavy (non-hydrogen) atoms. The second-order valence-electron chi connectivity index (χ2n) is 6.66. The molecule has 2 atom stereocenters. The number of rotatable bonds is 5. The third kappa shape index (κ3) is 3.19. The van der Waals surface area contributed by atoms with Crippen LogP contribution in [0.1, 0.15) is 44.6 Å². The summed E-state index contributed by atoms with van der Waals surface area (Å²) in [6, 6.07) is 1.04. The molecular weight excluding hydrogens is 276 g/mol. The molecule has 0 unspecified atom stereocenters. The van der Waals surface area contributed by atoms with Gasteiger partial charge in [-0.1, -0.05) is 6.92 Å². The average Bonchev–Trinajstić information content (AvgIpc) is 3.23. The molecule has 0 saturated carbocycles. The van der Waals surface area contributed by atoms with E-state index in [1.807, 2.05) is 19.4 Å². The van der Waals surface area contributed by atoms with Gasteiger partial charge in [0.1, 0.15) is 0 Å². The Labute approximate surface area is 133 Å². The minimum absolute atomic E-state index is 0.328. The summed E-state index contributed by atoms with van der Waals surface area (Å²) in [5.74, 6) is 0.328. The third-order valence-corrected chi connectivity index (χ3v) is 5.27. The minimum atomic E-state index is 0.328. The highest BCUT2D eigenvalue weighted by molar-refractivity contribution is 5.77. The van der Waals surface area contributed by atoms with E-state index in [2.05, 4.69) is 21.8 Å². The second kappa shape index (κ2) is 6.82. The Morgan fingerprint density at radius 1 is 1.27 bits per heavy atom. The van der Waals surface area contributed by atoms with Crippen LogP contribution in [-0.2, 0) is 18.3 Å². The molecule has 2 saturated heterocycles. The molecular formula is C17H28N4O. The van der Waals surface area contributed by atoms with Gasteiger partial charge in [-0.25, -0.2) is 0 Å². The summed E-state index contributed by atoms with van der Waals surface area (Å²) in [7, 11) is 1.92. The zero-order valence-corrected chi connectivity index (χ0v) is 13.9. The molecule has 0 aliphatic carbocycles. The van der Waals surface area contributed by atoms with E-state index in [4.69, 9.17) is 0 Å². The molecule has 1 aromatic rings. The molecule has 0 aromatic carbocycles. The van der Waals surface area contributed by atoms with Gasteiger partial charge >= 0.3 is 0 Å². The maximum Gasteiger partial charge on any atom is 0.223 e. The fourth-order valence-electron chi connectivity index (χ4n) is 4.18. The number of nitrogens with zero attached hydrogens (tertiary/aromatic N) is 4. The van der Waals surface area contributed by atoms with Crippen LogP contribution >= 0.6 is 0 Å². The Hall–Kier alpha value is -1.36. The van der Waals surface area contributed by atoms with Gasteiger partial charge in [-0.05, 0) is 50.8 Å². The number of carbonyl (C=O) groups excluding carboxylic acids is 1. The van der Waals surface area contributed by atoms with Crippen molar-refractivity contribution < 1.29 is 4.79 Å². The van der Waals surface area contributed by atoms with Crippen LogP contribution in [0.3, 0.4) is 0 Å². The standard InChI is InChI=1S/C17H28N4O/c1-3-20-10-4-6-15(20)16-7-5-11-21(16)17(22)9-8-14-12-18-19(2)13-14/h12-13,15-16H,3-11H2,1-2H3/t15-,16+/m1/s1. The monoisotopic (exact) mass is 304 g/mol. The number of likely N-dealkylation sites (N-methyl/N-ethyl adjacent to an activating group) is 1. The highest BCUT2D eigenvalue weighted by Gasteiger charge is 2.38. The maximum absolute atomic E-state index is 12.7. The van der Waals surface area contributed by atoms with Crippen molar-refractivity contribution in [3.05, 3.63) is 18.0 Å². The Kier molecular flexibility index (Phi) is 4.81. The van der Waals surface area contributed by atoms with Crippen molar-refractivity contribution in [2.45, 2.75) is 57.5 Å². The average molecular weight is 304 g/mol. The van der Waals surface area contributed by atoms with Gasteiger partial charge in [0.2, 0.25) is 5.91 Å². The van der Waals surface area contributed by atoms with Crippen LogP contribution in [0, 0.1) is 0 Å². The number of hydrogen-bond donors (Lipinski definition) is 0. The SMILES string of the molecule is CCN1CCC[C@@H]1[C@@H]1CCCN1C(=O)CCc1cnn(C)c1. The van der Waals surface area contributed by atoms with E-state index in [9.17, 15) is 4.79 Å². The lowest BCUT2D eigenvalue weighted by Gasteiger charge is -2.34. The van der Waals surface area contributed by atoms with E-state index in [0.717, 1.165) is 31.5 Å². The zero-order valence-electron chi connectivity index (χ0n) is 13.9. The van der Waals surface area contributed by atoms with Crippen molar-refractivity contribution in [1.82, 2.24) is 19.6 Å². The van der Waals surface area contributed by atoms with Crippen LogP contribution in [0.4, 0.5) is 0 Å². The quantitative estimate of drug-likeness (QED) is 0.833. The van der Waals surface area contributed by atoms with E-state index in [-0.39, 0.29) is 0 Å². The van der Waals surface area contributed by atoms with Crippen LogP contribution in [0.2, 0.25) is 0 Å². The smallest absolute Gasteiger partial charge is 0.223 e. The Morgan fingerprint density at radius 3 is 2.77 bits per heavy atom. The normalized spacial score (nSPS) is 26.0. The minimum Gasteiger partial charge on any atom is -0.338 e. The van der Waals surface area contributed by atoms with Gasteiger partial charge in [-0.2, -0.15) is 5.10 Å². The summed E-state index contributed by atoms with van der Waals surface area (Å²) in [5.41, 5.74) is 1.16. The zero-order chi connectivity index (χ0) is 15.5. The highest BCUT2D eigenvalue weighted by Crippen LogP contribution is 2.30. The van der Waals surface area contributed by atoms with E-state index in [1.165, 1.54) is 25.8 Å². The predicted octanol–water partition coefficient (Wildman–Crippen LogP) is 1.83. The second-order valence-corrected chi connectivity index (χ2v) is 6.66. The van der Waals surface area contributed by atoms with Gasteiger partial charge in [0, 0.05) is 38.3 Å². The van der Waals surface area contributed by atoms with E-state index >= 15 is 0 Å². The van der Waals surface area contributed by atoms with Gasteiger partial charge < -0.3 is 4.90 Å². The summed E-state index contributed by atoms with van der Waals surface area (Å²) in [4.78, 5) is 17.4. The maximum atomic E-state index is 12.7. The summed E-state index contributed by atoms with van der Waals surface area (Å²) < 4.78 is 1.80. The molecule has 1 aromatic heterocycles.